The Morgan fingerprint density at radius 2 is 2.18 bits per heavy atom. The van der Waals surface area contributed by atoms with Crippen molar-refractivity contribution in [2.75, 3.05) is 0 Å². The Morgan fingerprint density at radius 1 is 1.29 bits per heavy atom. The Bertz CT molecular complexity index is 621. The van der Waals surface area contributed by atoms with E-state index in [9.17, 15) is 0 Å². The molecule has 0 N–H and O–H groups in total. The molecule has 2 aromatic rings. The van der Waals surface area contributed by atoms with Crippen molar-refractivity contribution >= 4 is 11.0 Å². The van der Waals surface area contributed by atoms with E-state index in [1.807, 2.05) is 0 Å². The van der Waals surface area contributed by atoms with Crippen molar-refractivity contribution in [2.45, 2.75) is 32.2 Å². The number of aryl methyl sites for hydroxylation is 1. The van der Waals surface area contributed by atoms with Crippen LogP contribution in [0.4, 0.5) is 0 Å². The van der Waals surface area contributed by atoms with Gasteiger partial charge in [-0.15, -0.1) is 0 Å². The van der Waals surface area contributed by atoms with Gasteiger partial charge in [0.05, 0.1) is 11.0 Å². The van der Waals surface area contributed by atoms with Gasteiger partial charge in [0.15, 0.2) is 0 Å². The van der Waals surface area contributed by atoms with Crippen LogP contribution in [-0.2, 0) is 0 Å². The Labute approximate surface area is 101 Å². The number of fused-ring (bicyclic) bond motifs is 2. The zero-order chi connectivity index (χ0) is 11.4. The summed E-state index contributed by atoms with van der Waals surface area (Å²) < 4.78 is 2.45. The van der Waals surface area contributed by atoms with Gasteiger partial charge in [0.1, 0.15) is 5.82 Å². The molecule has 1 saturated carbocycles. The van der Waals surface area contributed by atoms with Gasteiger partial charge >= 0.3 is 0 Å². The van der Waals surface area contributed by atoms with Crippen molar-refractivity contribution in [3.63, 3.8) is 0 Å². The minimum Gasteiger partial charge on any atom is -0.325 e. The fourth-order valence-electron chi connectivity index (χ4n) is 3.46. The molecule has 1 heterocycles. The molecule has 2 aliphatic rings. The van der Waals surface area contributed by atoms with Gasteiger partial charge in [0, 0.05) is 6.04 Å². The lowest BCUT2D eigenvalue weighted by Crippen LogP contribution is -2.07. The van der Waals surface area contributed by atoms with Gasteiger partial charge in [-0.1, -0.05) is 23.8 Å². The summed E-state index contributed by atoms with van der Waals surface area (Å²) in [6.45, 7) is 2.13. The maximum absolute atomic E-state index is 4.67. The number of para-hydroxylation sites is 2. The van der Waals surface area contributed by atoms with Crippen LogP contribution in [-0.4, -0.2) is 9.55 Å². The van der Waals surface area contributed by atoms with Gasteiger partial charge < -0.3 is 4.57 Å². The van der Waals surface area contributed by atoms with Gasteiger partial charge in [-0.3, -0.25) is 0 Å². The molecule has 2 heteroatoms. The first kappa shape index (κ1) is 9.46. The molecule has 0 amide bonds. The van der Waals surface area contributed by atoms with Crippen LogP contribution in [0.15, 0.2) is 35.9 Å². The lowest BCUT2D eigenvalue weighted by molar-refractivity contribution is 0.478. The second-order valence-corrected chi connectivity index (χ2v) is 5.32. The summed E-state index contributed by atoms with van der Waals surface area (Å²) in [6.07, 6.45) is 6.27. The van der Waals surface area contributed by atoms with E-state index in [0.717, 1.165) is 17.3 Å². The average molecular weight is 224 g/mol. The number of benzene rings is 1. The number of hydrogen-bond donors (Lipinski definition) is 0. The molecule has 4 rings (SSSR count). The summed E-state index contributed by atoms with van der Waals surface area (Å²) in [4.78, 5) is 4.67. The standard InChI is InChI=1S/C15H16N2/c1-10-16-14-4-2-3-5-15(14)17(10)13-8-11-6-7-12(11)9-13/h2-6,12-13H,7-9H2,1H3. The zero-order valence-electron chi connectivity index (χ0n) is 10.1. The minimum absolute atomic E-state index is 0.640. The Morgan fingerprint density at radius 3 is 2.88 bits per heavy atom. The smallest absolute Gasteiger partial charge is 0.106 e. The van der Waals surface area contributed by atoms with Crippen LogP contribution < -0.4 is 0 Å². The number of aromatic nitrogens is 2. The number of hydrogen-bond acceptors (Lipinski definition) is 1. The molecule has 1 fully saturated rings. The van der Waals surface area contributed by atoms with Crippen molar-refractivity contribution in [1.29, 1.82) is 0 Å². The van der Waals surface area contributed by atoms with E-state index in [0.29, 0.717) is 6.04 Å². The normalized spacial score (nSPS) is 26.8. The SMILES string of the molecule is Cc1nc2ccccc2n1C1CC2=CCC2C1. The van der Waals surface area contributed by atoms with Crippen LogP contribution in [0.5, 0.6) is 0 Å². The summed E-state index contributed by atoms with van der Waals surface area (Å²) in [6, 6.07) is 9.13. The first-order chi connectivity index (χ1) is 8.33. The van der Waals surface area contributed by atoms with Gasteiger partial charge in [-0.25, -0.2) is 4.98 Å². The molecule has 2 atom stereocenters. The number of allylic oxidation sites excluding steroid dienone is 2. The van der Waals surface area contributed by atoms with Crippen LogP contribution in [0.2, 0.25) is 0 Å². The fourth-order valence-corrected chi connectivity index (χ4v) is 3.46. The zero-order valence-corrected chi connectivity index (χ0v) is 10.1. The maximum atomic E-state index is 4.67. The van der Waals surface area contributed by atoms with E-state index in [-0.39, 0.29) is 0 Å². The Hall–Kier alpha value is -1.57. The average Bonchev–Trinajstić information content (AvgIpc) is 2.77. The van der Waals surface area contributed by atoms with Crippen molar-refractivity contribution in [1.82, 2.24) is 9.55 Å². The second kappa shape index (κ2) is 3.22. The van der Waals surface area contributed by atoms with E-state index in [1.54, 1.807) is 5.57 Å². The molecule has 0 saturated heterocycles. The molecule has 0 spiro atoms. The van der Waals surface area contributed by atoms with Gasteiger partial charge in [-0.2, -0.15) is 0 Å². The lowest BCUT2D eigenvalue weighted by atomic mass is 9.88. The monoisotopic (exact) mass is 224 g/mol. The minimum atomic E-state index is 0.640. The third-order valence-electron chi connectivity index (χ3n) is 4.35. The number of rotatable bonds is 1. The Balaban J connectivity index is 1.85. The Kier molecular flexibility index (Phi) is 1.79. The highest BCUT2D eigenvalue weighted by atomic mass is 15.1. The van der Waals surface area contributed by atoms with Gasteiger partial charge in [0.25, 0.3) is 0 Å². The fraction of sp³-hybridized carbons (Fsp3) is 0.400. The van der Waals surface area contributed by atoms with Crippen LogP contribution >= 0.6 is 0 Å². The van der Waals surface area contributed by atoms with E-state index < -0.39 is 0 Å². The predicted octanol–water partition coefficient (Wildman–Crippen LogP) is 3.63. The van der Waals surface area contributed by atoms with E-state index >= 15 is 0 Å². The molecular formula is C15H16N2. The maximum Gasteiger partial charge on any atom is 0.106 e. The molecule has 86 valence electrons. The summed E-state index contributed by atoms with van der Waals surface area (Å²) in [5.41, 5.74) is 4.13. The molecule has 17 heavy (non-hydrogen) atoms. The first-order valence-corrected chi connectivity index (χ1v) is 6.45. The summed E-state index contributed by atoms with van der Waals surface area (Å²) in [5.74, 6) is 2.04. The van der Waals surface area contributed by atoms with Gasteiger partial charge in [-0.05, 0) is 44.2 Å². The summed E-state index contributed by atoms with van der Waals surface area (Å²) in [7, 11) is 0. The van der Waals surface area contributed by atoms with Crippen LogP contribution in [0.25, 0.3) is 11.0 Å². The molecule has 0 aliphatic heterocycles. The largest absolute Gasteiger partial charge is 0.325 e. The van der Waals surface area contributed by atoms with E-state index in [1.165, 1.54) is 24.8 Å². The third kappa shape index (κ3) is 1.24. The summed E-state index contributed by atoms with van der Waals surface area (Å²) >= 11 is 0. The molecule has 1 aromatic heterocycles. The van der Waals surface area contributed by atoms with Crippen molar-refractivity contribution in [3.8, 4) is 0 Å². The number of imidazole rings is 1. The van der Waals surface area contributed by atoms with Crippen LogP contribution in [0, 0.1) is 12.8 Å². The van der Waals surface area contributed by atoms with Crippen molar-refractivity contribution in [2.24, 2.45) is 5.92 Å². The predicted molar refractivity (Wildman–Crippen MR) is 68.9 cm³/mol. The summed E-state index contributed by atoms with van der Waals surface area (Å²) in [5, 5.41) is 0. The molecular weight excluding hydrogens is 208 g/mol. The number of nitrogens with zero attached hydrogens (tertiary/aromatic N) is 2. The lowest BCUT2D eigenvalue weighted by Gasteiger charge is -2.17. The molecule has 2 aliphatic carbocycles. The van der Waals surface area contributed by atoms with Crippen LogP contribution in [0.3, 0.4) is 0 Å². The second-order valence-electron chi connectivity index (χ2n) is 5.32. The molecule has 0 bridgehead atoms. The van der Waals surface area contributed by atoms with E-state index in [4.69, 9.17) is 0 Å². The van der Waals surface area contributed by atoms with Crippen LogP contribution in [0.1, 0.15) is 31.1 Å². The molecule has 0 radical (unpaired) electrons. The molecule has 2 unspecified atom stereocenters. The highest BCUT2D eigenvalue weighted by Gasteiger charge is 2.35. The van der Waals surface area contributed by atoms with Gasteiger partial charge in [0.2, 0.25) is 0 Å². The first-order valence-electron chi connectivity index (χ1n) is 6.45. The van der Waals surface area contributed by atoms with Crippen molar-refractivity contribution < 1.29 is 0 Å². The van der Waals surface area contributed by atoms with E-state index in [2.05, 4.69) is 46.8 Å². The van der Waals surface area contributed by atoms with Crippen molar-refractivity contribution in [3.05, 3.63) is 41.7 Å². The highest BCUT2D eigenvalue weighted by molar-refractivity contribution is 5.76. The highest BCUT2D eigenvalue weighted by Crippen LogP contribution is 2.47. The quantitative estimate of drug-likeness (QED) is 0.676. The third-order valence-corrected chi connectivity index (χ3v) is 4.35. The molecule has 2 nitrogen and oxygen atoms in total. The topological polar surface area (TPSA) is 17.8 Å². The molecule has 1 aromatic carbocycles.